The van der Waals surface area contributed by atoms with Crippen LogP contribution in [0.4, 0.5) is 0 Å². The highest BCUT2D eigenvalue weighted by Gasteiger charge is 2.39. The number of benzene rings is 2. The van der Waals surface area contributed by atoms with Gasteiger partial charge in [0, 0.05) is 19.4 Å². The Balaban J connectivity index is 2.20. The number of rotatable bonds is 7. The summed E-state index contributed by atoms with van der Waals surface area (Å²) in [6.45, 7) is 3.68. The Morgan fingerprint density at radius 3 is 2.00 bits per heavy atom. The van der Waals surface area contributed by atoms with Crippen LogP contribution in [0.2, 0.25) is 0 Å². The number of imidazole rings is 1. The predicted molar refractivity (Wildman–Crippen MR) is 102 cm³/mol. The van der Waals surface area contributed by atoms with E-state index >= 15 is 0 Å². The molecule has 0 saturated heterocycles. The van der Waals surface area contributed by atoms with Gasteiger partial charge in [-0.05, 0) is 17.7 Å². The van der Waals surface area contributed by atoms with Crippen LogP contribution in [0.25, 0.3) is 0 Å². The van der Waals surface area contributed by atoms with Gasteiger partial charge in [0.2, 0.25) is 11.5 Å². The number of carbonyl (C=O) groups excluding carboxylic acids is 1. The number of nitro groups is 1. The Hall–Kier alpha value is -3.54. The van der Waals surface area contributed by atoms with Crippen molar-refractivity contribution in [2.24, 2.45) is 7.05 Å². The molecule has 3 rings (SSSR count). The van der Waals surface area contributed by atoms with E-state index in [-0.39, 0.29) is 17.3 Å². The Kier molecular flexibility index (Phi) is 5.26. The Bertz CT molecular complexity index is 965. The van der Waals surface area contributed by atoms with Gasteiger partial charge in [-0.25, -0.2) is 4.98 Å². The zero-order chi connectivity index (χ0) is 19.4. The first-order valence-corrected chi connectivity index (χ1v) is 8.45. The first-order chi connectivity index (χ1) is 13.0. The van der Waals surface area contributed by atoms with Gasteiger partial charge in [-0.2, -0.15) is 0 Å². The molecule has 0 amide bonds. The van der Waals surface area contributed by atoms with Crippen molar-refractivity contribution in [2.45, 2.75) is 11.8 Å². The number of hydrogen-bond acceptors (Lipinski definition) is 4. The van der Waals surface area contributed by atoms with E-state index in [2.05, 4.69) is 11.6 Å². The number of aryl methyl sites for hydroxylation is 1. The summed E-state index contributed by atoms with van der Waals surface area (Å²) in [5, 5.41) is 11.6. The SMILES string of the molecule is C=C([C@@H](c1ccccc1)[C@@H](C(=O)c1nccn1C)c1ccccc1)[N+](=O)[O-]. The second kappa shape index (κ2) is 7.78. The second-order valence-corrected chi connectivity index (χ2v) is 6.25. The minimum Gasteiger partial charge on any atom is -0.332 e. The zero-order valence-corrected chi connectivity index (χ0v) is 14.9. The standard InChI is InChI=1S/C21H19N3O3/c1-15(24(26)27)18(16-9-5-3-6-10-16)19(17-11-7-4-8-12-17)20(25)21-22-13-14-23(21)2/h3-14,18-19H,1H2,2H3/t18-,19-/m0/s1. The summed E-state index contributed by atoms with van der Waals surface area (Å²) in [6, 6.07) is 18.0. The highest BCUT2D eigenvalue weighted by Crippen LogP contribution is 2.40. The Labute approximate surface area is 156 Å². The topological polar surface area (TPSA) is 78.0 Å². The molecular weight excluding hydrogens is 342 g/mol. The van der Waals surface area contributed by atoms with E-state index in [0.29, 0.717) is 11.1 Å². The number of ketones is 1. The summed E-state index contributed by atoms with van der Waals surface area (Å²) in [4.78, 5) is 28.7. The molecule has 27 heavy (non-hydrogen) atoms. The van der Waals surface area contributed by atoms with Gasteiger partial charge in [-0.3, -0.25) is 14.9 Å². The van der Waals surface area contributed by atoms with Crippen LogP contribution in [0.15, 0.2) is 85.3 Å². The van der Waals surface area contributed by atoms with Gasteiger partial charge in [-0.1, -0.05) is 60.7 Å². The molecule has 0 saturated carbocycles. The summed E-state index contributed by atoms with van der Waals surface area (Å²) >= 11 is 0. The first-order valence-electron chi connectivity index (χ1n) is 8.45. The fourth-order valence-electron chi connectivity index (χ4n) is 3.25. The van der Waals surface area contributed by atoms with Crippen LogP contribution in [-0.4, -0.2) is 20.3 Å². The van der Waals surface area contributed by atoms with Crippen LogP contribution in [0.3, 0.4) is 0 Å². The lowest BCUT2D eigenvalue weighted by atomic mass is 9.77. The molecule has 0 aliphatic heterocycles. The molecule has 2 atom stereocenters. The molecule has 0 unspecified atom stereocenters. The molecule has 6 heteroatoms. The largest absolute Gasteiger partial charge is 0.332 e. The van der Waals surface area contributed by atoms with Gasteiger partial charge in [-0.15, -0.1) is 0 Å². The quantitative estimate of drug-likeness (QED) is 0.362. The maximum Gasteiger partial charge on any atom is 0.247 e. The van der Waals surface area contributed by atoms with Crippen LogP contribution in [0.5, 0.6) is 0 Å². The van der Waals surface area contributed by atoms with Crippen molar-refractivity contribution in [1.29, 1.82) is 0 Å². The van der Waals surface area contributed by atoms with E-state index in [1.54, 1.807) is 54.2 Å². The van der Waals surface area contributed by atoms with E-state index in [9.17, 15) is 14.9 Å². The predicted octanol–water partition coefficient (Wildman–Crippen LogP) is 3.96. The summed E-state index contributed by atoms with van der Waals surface area (Å²) in [6.07, 6.45) is 3.21. The van der Waals surface area contributed by atoms with E-state index in [4.69, 9.17) is 0 Å². The van der Waals surface area contributed by atoms with Crippen LogP contribution in [0.1, 0.15) is 33.6 Å². The third-order valence-corrected chi connectivity index (χ3v) is 4.57. The average molecular weight is 361 g/mol. The molecule has 0 spiro atoms. The van der Waals surface area contributed by atoms with E-state index in [1.165, 1.54) is 6.20 Å². The number of nitrogens with zero attached hydrogens (tertiary/aromatic N) is 3. The lowest BCUT2D eigenvalue weighted by Crippen LogP contribution is -2.26. The molecule has 0 fully saturated rings. The molecule has 136 valence electrons. The molecule has 2 aromatic carbocycles. The normalized spacial score (nSPS) is 12.9. The van der Waals surface area contributed by atoms with Gasteiger partial charge in [0.1, 0.15) is 0 Å². The highest BCUT2D eigenvalue weighted by molar-refractivity contribution is 5.99. The Morgan fingerprint density at radius 2 is 1.56 bits per heavy atom. The van der Waals surface area contributed by atoms with E-state index in [1.807, 2.05) is 24.3 Å². The minimum atomic E-state index is -0.812. The third-order valence-electron chi connectivity index (χ3n) is 4.57. The van der Waals surface area contributed by atoms with Gasteiger partial charge in [0.05, 0.1) is 16.8 Å². The van der Waals surface area contributed by atoms with Crippen molar-refractivity contribution in [1.82, 2.24) is 9.55 Å². The Morgan fingerprint density at radius 1 is 1.04 bits per heavy atom. The van der Waals surface area contributed by atoms with E-state index < -0.39 is 16.8 Å². The fraction of sp³-hybridized carbons (Fsp3) is 0.143. The molecule has 0 bridgehead atoms. The van der Waals surface area contributed by atoms with Crippen LogP contribution < -0.4 is 0 Å². The smallest absolute Gasteiger partial charge is 0.247 e. The van der Waals surface area contributed by atoms with Crippen molar-refractivity contribution in [3.63, 3.8) is 0 Å². The van der Waals surface area contributed by atoms with Crippen molar-refractivity contribution < 1.29 is 9.72 Å². The number of Topliss-reactive ketones (excluding diaryl/α,β-unsaturated/α-hetero) is 1. The van der Waals surface area contributed by atoms with Crippen LogP contribution in [0, 0.1) is 10.1 Å². The zero-order valence-electron chi connectivity index (χ0n) is 14.9. The van der Waals surface area contributed by atoms with Gasteiger partial charge < -0.3 is 4.57 Å². The molecule has 6 nitrogen and oxygen atoms in total. The van der Waals surface area contributed by atoms with Crippen LogP contribution in [-0.2, 0) is 7.05 Å². The van der Waals surface area contributed by atoms with Crippen molar-refractivity contribution in [2.75, 3.05) is 0 Å². The summed E-state index contributed by atoms with van der Waals surface area (Å²) in [5.74, 6) is -1.66. The van der Waals surface area contributed by atoms with Crippen molar-refractivity contribution in [3.05, 3.63) is 112 Å². The maximum atomic E-state index is 13.4. The van der Waals surface area contributed by atoms with Crippen molar-refractivity contribution in [3.8, 4) is 0 Å². The third kappa shape index (κ3) is 3.69. The highest BCUT2D eigenvalue weighted by atomic mass is 16.6. The number of hydrogen-bond donors (Lipinski definition) is 0. The fourth-order valence-corrected chi connectivity index (χ4v) is 3.25. The molecule has 0 aliphatic rings. The van der Waals surface area contributed by atoms with E-state index in [0.717, 1.165) is 0 Å². The lowest BCUT2D eigenvalue weighted by Gasteiger charge is -2.24. The minimum absolute atomic E-state index is 0.224. The van der Waals surface area contributed by atoms with Gasteiger partial charge in [0.25, 0.3) is 0 Å². The molecule has 0 radical (unpaired) electrons. The first kappa shape index (κ1) is 18.3. The number of aromatic nitrogens is 2. The van der Waals surface area contributed by atoms with Crippen molar-refractivity contribution >= 4 is 5.78 Å². The number of allylic oxidation sites excluding steroid dienone is 1. The number of carbonyl (C=O) groups is 1. The summed E-state index contributed by atoms with van der Waals surface area (Å²) in [7, 11) is 1.72. The lowest BCUT2D eigenvalue weighted by molar-refractivity contribution is -0.429. The molecule has 1 aromatic heterocycles. The molecular formula is C21H19N3O3. The monoisotopic (exact) mass is 361 g/mol. The van der Waals surface area contributed by atoms with Gasteiger partial charge in [0.15, 0.2) is 5.82 Å². The average Bonchev–Trinajstić information content (AvgIpc) is 3.12. The molecule has 0 N–H and O–H groups in total. The summed E-state index contributed by atoms with van der Waals surface area (Å²) in [5.41, 5.74) is 1.12. The second-order valence-electron chi connectivity index (χ2n) is 6.25. The molecule has 3 aromatic rings. The van der Waals surface area contributed by atoms with Gasteiger partial charge >= 0.3 is 0 Å². The molecule has 1 heterocycles. The molecule has 0 aliphatic carbocycles. The maximum absolute atomic E-state index is 13.4. The van der Waals surface area contributed by atoms with Crippen LogP contribution >= 0.6 is 0 Å². The summed E-state index contributed by atoms with van der Waals surface area (Å²) < 4.78 is 1.62.